The van der Waals surface area contributed by atoms with Gasteiger partial charge in [0, 0.05) is 37.1 Å². The maximum absolute atomic E-state index is 12.4. The van der Waals surface area contributed by atoms with E-state index in [0.717, 1.165) is 35.5 Å². The number of amides is 3. The van der Waals surface area contributed by atoms with Crippen LogP contribution in [0.3, 0.4) is 0 Å². The quantitative estimate of drug-likeness (QED) is 0.329. The van der Waals surface area contributed by atoms with Crippen LogP contribution in [0.4, 0.5) is 16.3 Å². The molecule has 4 N–H and O–H groups in total. The van der Waals surface area contributed by atoms with Crippen LogP contribution in [0.5, 0.6) is 0 Å². The molecule has 1 aliphatic heterocycles. The summed E-state index contributed by atoms with van der Waals surface area (Å²) in [6.45, 7) is 3.36. The number of likely N-dealkylation sites (tertiary alicyclic amines) is 1. The molecule has 0 radical (unpaired) electrons. The molecule has 0 aliphatic carbocycles. The summed E-state index contributed by atoms with van der Waals surface area (Å²) in [6, 6.07) is 11.6. The van der Waals surface area contributed by atoms with Gasteiger partial charge in [0.25, 0.3) is 5.91 Å². The molecule has 1 fully saturated rings. The number of urea groups is 1. The van der Waals surface area contributed by atoms with Crippen LogP contribution in [-0.2, 0) is 4.79 Å². The maximum Gasteiger partial charge on any atom is 0.321 e. The van der Waals surface area contributed by atoms with E-state index < -0.39 is 5.91 Å². The smallest absolute Gasteiger partial charge is 0.321 e. The molecule has 0 spiro atoms. The molecule has 3 rings (SSSR count). The Morgan fingerprint density at radius 2 is 1.83 bits per heavy atom. The molecule has 0 saturated carbocycles. The second kappa shape index (κ2) is 11.2. The van der Waals surface area contributed by atoms with Crippen molar-refractivity contribution in [2.75, 3.05) is 23.7 Å². The van der Waals surface area contributed by atoms with Crippen LogP contribution in [0, 0.1) is 6.92 Å². The molecule has 1 aromatic heterocycles. The van der Waals surface area contributed by atoms with E-state index in [1.807, 2.05) is 48.2 Å². The Morgan fingerprint density at radius 3 is 2.43 bits per heavy atom. The molecule has 2 aromatic rings. The molecular weight excluding hydrogens is 406 g/mol. The summed E-state index contributed by atoms with van der Waals surface area (Å²) < 4.78 is 0. The molecule has 8 nitrogen and oxygen atoms in total. The fourth-order valence-electron chi connectivity index (χ4n) is 3.07. The van der Waals surface area contributed by atoms with Crippen molar-refractivity contribution in [2.24, 2.45) is 0 Å². The number of hydrogen-bond donors (Lipinski definition) is 4. The molecule has 9 heteroatoms. The summed E-state index contributed by atoms with van der Waals surface area (Å²) in [5.74, 6) is 0.154. The number of piperidine rings is 1. The minimum absolute atomic E-state index is 0. The van der Waals surface area contributed by atoms with E-state index >= 15 is 0 Å². The third kappa shape index (κ3) is 6.75. The Bertz CT molecular complexity index is 863. The van der Waals surface area contributed by atoms with Gasteiger partial charge in [-0.15, -0.1) is 12.4 Å². The lowest BCUT2D eigenvalue weighted by atomic mass is 10.1. The summed E-state index contributed by atoms with van der Waals surface area (Å²) in [4.78, 5) is 29.6. The first kappa shape index (κ1) is 23.2. The third-order valence-electron chi connectivity index (χ3n) is 4.76. The molecule has 30 heavy (non-hydrogen) atoms. The number of rotatable bonds is 5. The standard InChI is InChI=1S/C21H25N5O3.ClH/c1-15-2-6-17(7-3-15)24-21(28)26-12-10-18(11-13-26)23-19-8-4-16(14-22-19)5-9-20(27)25-29;/h2-9,14,18,29H,10-13H2,1H3,(H,22,23)(H,24,28)(H,25,27);1H. The molecule has 2 heterocycles. The van der Waals surface area contributed by atoms with E-state index in [0.29, 0.717) is 13.1 Å². The molecule has 160 valence electrons. The zero-order valence-corrected chi connectivity index (χ0v) is 17.5. The predicted molar refractivity (Wildman–Crippen MR) is 119 cm³/mol. The maximum atomic E-state index is 12.4. The van der Waals surface area contributed by atoms with Crippen molar-refractivity contribution >= 4 is 41.9 Å². The molecule has 1 aromatic carbocycles. The minimum Gasteiger partial charge on any atom is -0.367 e. The second-order valence-electron chi connectivity index (χ2n) is 6.99. The van der Waals surface area contributed by atoms with Gasteiger partial charge in [0.2, 0.25) is 0 Å². The Balaban J connectivity index is 0.00000320. The highest BCUT2D eigenvalue weighted by Gasteiger charge is 2.23. The van der Waals surface area contributed by atoms with Gasteiger partial charge in [0.15, 0.2) is 0 Å². The summed E-state index contributed by atoms with van der Waals surface area (Å²) in [6.07, 6.45) is 6.10. The number of carbonyl (C=O) groups excluding carboxylic acids is 2. The Morgan fingerprint density at radius 1 is 1.13 bits per heavy atom. The van der Waals surface area contributed by atoms with Crippen LogP contribution in [-0.4, -0.2) is 46.2 Å². The lowest BCUT2D eigenvalue weighted by molar-refractivity contribution is -0.124. The lowest BCUT2D eigenvalue weighted by Crippen LogP contribution is -2.44. The van der Waals surface area contributed by atoms with E-state index in [-0.39, 0.29) is 24.5 Å². The Kier molecular flexibility index (Phi) is 8.64. The van der Waals surface area contributed by atoms with Crippen molar-refractivity contribution in [3.8, 4) is 0 Å². The average Bonchev–Trinajstić information content (AvgIpc) is 2.75. The van der Waals surface area contributed by atoms with Crippen LogP contribution in [0.1, 0.15) is 24.0 Å². The molecule has 0 bridgehead atoms. The van der Waals surface area contributed by atoms with Crippen molar-refractivity contribution in [3.63, 3.8) is 0 Å². The highest BCUT2D eigenvalue weighted by atomic mass is 35.5. The van der Waals surface area contributed by atoms with E-state index in [1.165, 1.54) is 11.6 Å². The van der Waals surface area contributed by atoms with Gasteiger partial charge in [0.1, 0.15) is 5.82 Å². The van der Waals surface area contributed by atoms with Gasteiger partial charge in [-0.1, -0.05) is 17.7 Å². The van der Waals surface area contributed by atoms with E-state index in [1.54, 1.807) is 12.3 Å². The van der Waals surface area contributed by atoms with Crippen LogP contribution in [0.2, 0.25) is 0 Å². The first-order valence-electron chi connectivity index (χ1n) is 9.51. The summed E-state index contributed by atoms with van der Waals surface area (Å²) in [5.41, 5.74) is 4.25. The van der Waals surface area contributed by atoms with Crippen molar-refractivity contribution < 1.29 is 14.8 Å². The number of nitrogens with one attached hydrogen (secondary N) is 3. The van der Waals surface area contributed by atoms with Crippen molar-refractivity contribution in [1.29, 1.82) is 0 Å². The van der Waals surface area contributed by atoms with Crippen LogP contribution >= 0.6 is 12.4 Å². The van der Waals surface area contributed by atoms with Crippen LogP contribution in [0.15, 0.2) is 48.7 Å². The number of hydrogen-bond acceptors (Lipinski definition) is 5. The third-order valence-corrected chi connectivity index (χ3v) is 4.76. The number of halogens is 1. The van der Waals surface area contributed by atoms with Gasteiger partial charge in [-0.2, -0.15) is 0 Å². The first-order valence-corrected chi connectivity index (χ1v) is 9.51. The van der Waals surface area contributed by atoms with Crippen molar-refractivity contribution in [2.45, 2.75) is 25.8 Å². The molecule has 0 atom stereocenters. The number of carbonyl (C=O) groups is 2. The van der Waals surface area contributed by atoms with E-state index in [2.05, 4.69) is 15.6 Å². The predicted octanol–water partition coefficient (Wildman–Crippen LogP) is 3.44. The van der Waals surface area contributed by atoms with Crippen LogP contribution < -0.4 is 16.1 Å². The van der Waals surface area contributed by atoms with Gasteiger partial charge < -0.3 is 15.5 Å². The first-order chi connectivity index (χ1) is 14.0. The normalized spacial score (nSPS) is 14.1. The highest BCUT2D eigenvalue weighted by Crippen LogP contribution is 2.17. The van der Waals surface area contributed by atoms with Crippen molar-refractivity contribution in [3.05, 3.63) is 59.8 Å². The number of benzene rings is 1. The zero-order valence-electron chi connectivity index (χ0n) is 16.7. The Labute approximate surface area is 181 Å². The fraction of sp³-hybridized carbons (Fsp3) is 0.286. The number of pyridine rings is 1. The van der Waals surface area contributed by atoms with Gasteiger partial charge in [0.05, 0.1) is 0 Å². The monoisotopic (exact) mass is 431 g/mol. The second-order valence-corrected chi connectivity index (χ2v) is 6.99. The number of hydroxylamine groups is 1. The largest absolute Gasteiger partial charge is 0.367 e. The highest BCUT2D eigenvalue weighted by molar-refractivity contribution is 5.90. The van der Waals surface area contributed by atoms with Gasteiger partial charge >= 0.3 is 6.03 Å². The number of nitrogens with zero attached hydrogens (tertiary/aromatic N) is 2. The Hall–Kier alpha value is -3.10. The topological polar surface area (TPSA) is 107 Å². The SMILES string of the molecule is Cc1ccc(NC(=O)N2CCC(Nc3ccc(C=CC(=O)NO)cn3)CC2)cc1.Cl. The number of aryl methyl sites for hydroxylation is 1. The fourth-order valence-corrected chi connectivity index (χ4v) is 3.07. The van der Waals surface area contributed by atoms with E-state index in [4.69, 9.17) is 5.21 Å². The molecular formula is C21H26ClN5O3. The summed E-state index contributed by atoms with van der Waals surface area (Å²) in [5, 5.41) is 14.8. The zero-order chi connectivity index (χ0) is 20.6. The molecule has 1 saturated heterocycles. The average molecular weight is 432 g/mol. The molecule has 0 unspecified atom stereocenters. The number of aromatic nitrogens is 1. The van der Waals surface area contributed by atoms with Crippen LogP contribution in [0.25, 0.3) is 6.08 Å². The summed E-state index contributed by atoms with van der Waals surface area (Å²) in [7, 11) is 0. The lowest BCUT2D eigenvalue weighted by Gasteiger charge is -2.32. The van der Waals surface area contributed by atoms with Gasteiger partial charge in [-0.25, -0.2) is 15.3 Å². The molecule has 1 aliphatic rings. The molecule has 3 amide bonds. The van der Waals surface area contributed by atoms with E-state index in [9.17, 15) is 9.59 Å². The summed E-state index contributed by atoms with van der Waals surface area (Å²) >= 11 is 0. The van der Waals surface area contributed by atoms with Gasteiger partial charge in [-0.05, 0) is 55.7 Å². The van der Waals surface area contributed by atoms with Crippen molar-refractivity contribution in [1.82, 2.24) is 15.4 Å². The number of anilines is 2. The van der Waals surface area contributed by atoms with Gasteiger partial charge in [-0.3, -0.25) is 10.0 Å². The minimum atomic E-state index is -0.592.